The molecule has 0 aromatic heterocycles. The van der Waals surface area contributed by atoms with Gasteiger partial charge in [-0.25, -0.2) is 4.79 Å². The second kappa shape index (κ2) is 5.73. The lowest BCUT2D eigenvalue weighted by atomic mass is 10.2. The van der Waals surface area contributed by atoms with Crippen LogP contribution in [-0.4, -0.2) is 51.2 Å². The Kier molecular flexibility index (Phi) is 4.04. The van der Waals surface area contributed by atoms with Crippen molar-refractivity contribution in [2.24, 2.45) is 0 Å². The molecule has 0 saturated carbocycles. The first kappa shape index (κ1) is 12.7. The first-order valence-corrected chi connectivity index (χ1v) is 6.21. The normalized spacial score (nSPS) is 15.3. The van der Waals surface area contributed by atoms with E-state index in [4.69, 9.17) is 0 Å². The molecule has 0 unspecified atom stereocenters. The van der Waals surface area contributed by atoms with Gasteiger partial charge in [-0.15, -0.1) is 0 Å². The Morgan fingerprint density at radius 2 is 1.94 bits per heavy atom. The molecule has 2 N–H and O–H groups in total. The third-order valence-corrected chi connectivity index (χ3v) is 3.03. The summed E-state index contributed by atoms with van der Waals surface area (Å²) in [5, 5.41) is 6.21. The minimum atomic E-state index is -0.0224. The zero-order valence-electron chi connectivity index (χ0n) is 10.9. The molecule has 2 rings (SSSR count). The van der Waals surface area contributed by atoms with E-state index in [-0.39, 0.29) is 6.03 Å². The van der Waals surface area contributed by atoms with Gasteiger partial charge < -0.3 is 20.4 Å². The fraction of sp³-hybridized carbons (Fsp3) is 0.462. The van der Waals surface area contributed by atoms with Crippen LogP contribution in [0.1, 0.15) is 0 Å². The summed E-state index contributed by atoms with van der Waals surface area (Å²) in [4.78, 5) is 15.9. The molecule has 5 nitrogen and oxygen atoms in total. The molecule has 0 spiro atoms. The van der Waals surface area contributed by atoms with Gasteiger partial charge in [0.2, 0.25) is 0 Å². The average molecular weight is 248 g/mol. The molecule has 1 saturated heterocycles. The molecule has 1 aromatic rings. The predicted octanol–water partition coefficient (Wildman–Crippen LogP) is 1.19. The molecule has 1 aliphatic rings. The SMILES string of the molecule is CN(C)c1ccccc1NC(=O)N1CCNCC1. The van der Waals surface area contributed by atoms with Crippen LogP contribution in [-0.2, 0) is 0 Å². The Morgan fingerprint density at radius 3 is 2.61 bits per heavy atom. The summed E-state index contributed by atoms with van der Waals surface area (Å²) >= 11 is 0. The largest absolute Gasteiger partial charge is 0.376 e. The van der Waals surface area contributed by atoms with E-state index in [1.807, 2.05) is 48.2 Å². The number of rotatable bonds is 2. The second-order valence-corrected chi connectivity index (χ2v) is 4.58. The average Bonchev–Trinajstić information content (AvgIpc) is 2.40. The summed E-state index contributed by atoms with van der Waals surface area (Å²) in [5.41, 5.74) is 1.87. The molecular formula is C13H20N4O. The molecule has 1 aromatic carbocycles. The van der Waals surface area contributed by atoms with Crippen molar-refractivity contribution in [2.75, 3.05) is 50.5 Å². The first-order chi connectivity index (χ1) is 8.68. The highest BCUT2D eigenvalue weighted by molar-refractivity contribution is 5.93. The monoisotopic (exact) mass is 248 g/mol. The number of benzene rings is 1. The number of hydrogen-bond acceptors (Lipinski definition) is 3. The Hall–Kier alpha value is -1.75. The summed E-state index contributed by atoms with van der Waals surface area (Å²) in [6.07, 6.45) is 0. The lowest BCUT2D eigenvalue weighted by Gasteiger charge is -2.28. The summed E-state index contributed by atoms with van der Waals surface area (Å²) in [7, 11) is 3.94. The van der Waals surface area contributed by atoms with E-state index in [2.05, 4.69) is 10.6 Å². The predicted molar refractivity (Wildman–Crippen MR) is 74.2 cm³/mol. The summed E-state index contributed by atoms with van der Waals surface area (Å²) in [5.74, 6) is 0. The van der Waals surface area contributed by atoms with Crippen LogP contribution in [0.25, 0.3) is 0 Å². The van der Waals surface area contributed by atoms with Crippen molar-refractivity contribution in [1.82, 2.24) is 10.2 Å². The van der Waals surface area contributed by atoms with Gasteiger partial charge >= 0.3 is 6.03 Å². The van der Waals surface area contributed by atoms with Gasteiger partial charge in [-0.3, -0.25) is 0 Å². The number of urea groups is 1. The Labute approximate surface area is 108 Å². The van der Waals surface area contributed by atoms with Crippen LogP contribution in [0.5, 0.6) is 0 Å². The molecule has 1 aliphatic heterocycles. The van der Waals surface area contributed by atoms with Gasteiger partial charge in [0.1, 0.15) is 0 Å². The van der Waals surface area contributed by atoms with Crippen molar-refractivity contribution in [2.45, 2.75) is 0 Å². The molecule has 2 amide bonds. The highest BCUT2D eigenvalue weighted by Gasteiger charge is 2.17. The first-order valence-electron chi connectivity index (χ1n) is 6.21. The molecule has 0 radical (unpaired) electrons. The van der Waals surface area contributed by atoms with Gasteiger partial charge in [-0.1, -0.05) is 12.1 Å². The minimum Gasteiger partial charge on any atom is -0.376 e. The number of hydrogen-bond donors (Lipinski definition) is 2. The van der Waals surface area contributed by atoms with E-state index in [1.165, 1.54) is 0 Å². The third kappa shape index (κ3) is 2.92. The number of anilines is 2. The fourth-order valence-corrected chi connectivity index (χ4v) is 2.03. The topological polar surface area (TPSA) is 47.6 Å². The van der Waals surface area contributed by atoms with Crippen LogP contribution in [0, 0.1) is 0 Å². The van der Waals surface area contributed by atoms with Crippen molar-refractivity contribution in [3.63, 3.8) is 0 Å². The summed E-state index contributed by atoms with van der Waals surface area (Å²) < 4.78 is 0. The van der Waals surface area contributed by atoms with Crippen LogP contribution in [0.4, 0.5) is 16.2 Å². The highest BCUT2D eigenvalue weighted by atomic mass is 16.2. The minimum absolute atomic E-state index is 0.0224. The van der Waals surface area contributed by atoms with Crippen molar-refractivity contribution in [1.29, 1.82) is 0 Å². The number of piperazine rings is 1. The number of nitrogens with one attached hydrogen (secondary N) is 2. The maximum atomic E-state index is 12.1. The number of para-hydroxylation sites is 2. The Morgan fingerprint density at radius 1 is 1.28 bits per heavy atom. The van der Waals surface area contributed by atoms with Gasteiger partial charge in [-0.05, 0) is 12.1 Å². The summed E-state index contributed by atoms with van der Waals surface area (Å²) in [6.45, 7) is 3.25. The van der Waals surface area contributed by atoms with Crippen LogP contribution in [0.15, 0.2) is 24.3 Å². The second-order valence-electron chi connectivity index (χ2n) is 4.58. The molecule has 0 bridgehead atoms. The molecule has 1 heterocycles. The van der Waals surface area contributed by atoms with E-state index in [1.54, 1.807) is 0 Å². The van der Waals surface area contributed by atoms with Crippen molar-refractivity contribution < 1.29 is 4.79 Å². The molecule has 0 aliphatic carbocycles. The third-order valence-electron chi connectivity index (χ3n) is 3.03. The maximum absolute atomic E-state index is 12.1. The summed E-state index contributed by atoms with van der Waals surface area (Å²) in [6, 6.07) is 7.80. The van der Waals surface area contributed by atoms with Crippen molar-refractivity contribution in [3.05, 3.63) is 24.3 Å². The quantitative estimate of drug-likeness (QED) is 0.826. The van der Waals surface area contributed by atoms with E-state index >= 15 is 0 Å². The molecule has 98 valence electrons. The number of nitrogens with zero attached hydrogens (tertiary/aromatic N) is 2. The Bertz CT molecular complexity index is 413. The van der Waals surface area contributed by atoms with Gasteiger partial charge in [0.05, 0.1) is 11.4 Å². The maximum Gasteiger partial charge on any atom is 0.321 e. The molecule has 18 heavy (non-hydrogen) atoms. The lowest BCUT2D eigenvalue weighted by Crippen LogP contribution is -2.48. The zero-order chi connectivity index (χ0) is 13.0. The number of carbonyl (C=O) groups excluding carboxylic acids is 1. The lowest BCUT2D eigenvalue weighted by molar-refractivity contribution is 0.204. The smallest absolute Gasteiger partial charge is 0.321 e. The van der Waals surface area contributed by atoms with E-state index in [9.17, 15) is 4.79 Å². The van der Waals surface area contributed by atoms with E-state index in [0.717, 1.165) is 37.6 Å². The van der Waals surface area contributed by atoms with Crippen LogP contribution < -0.4 is 15.5 Å². The molecule has 1 fully saturated rings. The zero-order valence-corrected chi connectivity index (χ0v) is 10.9. The van der Waals surface area contributed by atoms with E-state index < -0.39 is 0 Å². The number of amides is 2. The van der Waals surface area contributed by atoms with Gasteiger partial charge in [0.25, 0.3) is 0 Å². The van der Waals surface area contributed by atoms with Gasteiger partial charge in [0.15, 0.2) is 0 Å². The van der Waals surface area contributed by atoms with Gasteiger partial charge in [0, 0.05) is 40.3 Å². The van der Waals surface area contributed by atoms with E-state index in [0.29, 0.717) is 0 Å². The van der Waals surface area contributed by atoms with Crippen LogP contribution >= 0.6 is 0 Å². The fourth-order valence-electron chi connectivity index (χ4n) is 2.03. The van der Waals surface area contributed by atoms with Crippen LogP contribution in [0.3, 0.4) is 0 Å². The molecular weight excluding hydrogens is 228 g/mol. The molecule has 0 atom stereocenters. The van der Waals surface area contributed by atoms with Gasteiger partial charge in [-0.2, -0.15) is 0 Å². The standard InChI is InChI=1S/C13H20N4O/c1-16(2)12-6-4-3-5-11(12)15-13(18)17-9-7-14-8-10-17/h3-6,14H,7-10H2,1-2H3,(H,15,18). The Balaban J connectivity index is 2.06. The number of carbonyl (C=O) groups is 1. The van der Waals surface area contributed by atoms with Crippen LogP contribution in [0.2, 0.25) is 0 Å². The highest BCUT2D eigenvalue weighted by Crippen LogP contribution is 2.23. The van der Waals surface area contributed by atoms with Crippen molar-refractivity contribution in [3.8, 4) is 0 Å². The van der Waals surface area contributed by atoms with Crippen molar-refractivity contribution >= 4 is 17.4 Å². The molecule has 5 heteroatoms.